The highest BCUT2D eigenvalue weighted by atomic mass is 16.5. The van der Waals surface area contributed by atoms with Crippen LogP contribution in [0.4, 0.5) is 11.4 Å². The van der Waals surface area contributed by atoms with E-state index in [1.54, 1.807) is 0 Å². The van der Waals surface area contributed by atoms with Crippen molar-refractivity contribution in [1.82, 2.24) is 0 Å². The maximum Gasteiger partial charge on any atom is 0.154 e. The van der Waals surface area contributed by atoms with Crippen molar-refractivity contribution in [3.63, 3.8) is 0 Å². The lowest BCUT2D eigenvalue weighted by molar-refractivity contribution is 0.481. The molecule has 0 amide bonds. The van der Waals surface area contributed by atoms with E-state index in [4.69, 9.17) is 9.47 Å². The van der Waals surface area contributed by atoms with Crippen molar-refractivity contribution >= 4 is 11.4 Å². The number of hydrogen-bond acceptors (Lipinski definition) is 4. The van der Waals surface area contributed by atoms with Gasteiger partial charge in [-0.1, -0.05) is 60.7 Å². The summed E-state index contributed by atoms with van der Waals surface area (Å²) in [5.74, 6) is 2.77. The van der Waals surface area contributed by atoms with Crippen molar-refractivity contribution < 1.29 is 9.47 Å². The molecule has 0 aliphatic carbocycles. The second-order valence-corrected chi connectivity index (χ2v) is 5.97. The van der Waals surface area contributed by atoms with Crippen LogP contribution in [0.2, 0.25) is 0 Å². The SMILES string of the molecule is c1ccc(Oc2ccccc2N=Nc2ccccc2Oc2ccccc2)cc1. The molecule has 4 aromatic carbocycles. The molecule has 0 atom stereocenters. The third-order valence-corrected chi connectivity index (χ3v) is 3.94. The molecule has 4 heteroatoms. The Labute approximate surface area is 163 Å². The molecule has 0 unspecified atom stereocenters. The van der Waals surface area contributed by atoms with Gasteiger partial charge in [0.1, 0.15) is 22.9 Å². The van der Waals surface area contributed by atoms with Crippen molar-refractivity contribution in [2.45, 2.75) is 0 Å². The molecular weight excluding hydrogens is 348 g/mol. The summed E-state index contributed by atoms with van der Waals surface area (Å²) in [6.45, 7) is 0. The Bertz CT molecular complexity index is 977. The van der Waals surface area contributed by atoms with Crippen molar-refractivity contribution in [2.75, 3.05) is 0 Å². The Kier molecular flexibility index (Phi) is 5.40. The van der Waals surface area contributed by atoms with Crippen LogP contribution < -0.4 is 9.47 Å². The van der Waals surface area contributed by atoms with Gasteiger partial charge in [-0.2, -0.15) is 0 Å². The van der Waals surface area contributed by atoms with Gasteiger partial charge >= 0.3 is 0 Å². The Balaban J connectivity index is 1.59. The lowest BCUT2D eigenvalue weighted by Crippen LogP contribution is -1.84. The maximum atomic E-state index is 5.94. The van der Waals surface area contributed by atoms with Gasteiger partial charge in [0.2, 0.25) is 0 Å². The smallest absolute Gasteiger partial charge is 0.154 e. The molecule has 0 heterocycles. The number of benzene rings is 4. The molecule has 0 bridgehead atoms. The summed E-state index contributed by atoms with van der Waals surface area (Å²) in [7, 11) is 0. The van der Waals surface area contributed by atoms with Crippen LogP contribution in [0.25, 0.3) is 0 Å². The first-order valence-electron chi connectivity index (χ1n) is 8.94. The molecule has 136 valence electrons. The van der Waals surface area contributed by atoms with E-state index in [-0.39, 0.29) is 0 Å². The molecule has 4 aromatic rings. The molecule has 0 aromatic heterocycles. The zero-order valence-electron chi connectivity index (χ0n) is 15.1. The second kappa shape index (κ2) is 8.64. The summed E-state index contributed by atoms with van der Waals surface area (Å²) in [5.41, 5.74) is 1.28. The molecule has 0 aliphatic rings. The standard InChI is InChI=1S/C24H18N2O2/c1-3-11-19(12-4-1)27-23-17-9-7-15-21(23)25-26-22-16-8-10-18-24(22)28-20-13-5-2-6-14-20/h1-18H. The number of hydrogen-bond donors (Lipinski definition) is 0. The number of para-hydroxylation sites is 4. The van der Waals surface area contributed by atoms with Crippen LogP contribution in [-0.4, -0.2) is 0 Å². The largest absolute Gasteiger partial charge is 0.455 e. The predicted octanol–water partition coefficient (Wildman–Crippen LogP) is 7.69. The summed E-state index contributed by atoms with van der Waals surface area (Å²) in [4.78, 5) is 0. The zero-order chi connectivity index (χ0) is 19.0. The Morgan fingerprint density at radius 2 is 0.750 bits per heavy atom. The summed E-state index contributed by atoms with van der Waals surface area (Å²) < 4.78 is 11.9. The molecule has 0 N–H and O–H groups in total. The molecule has 0 spiro atoms. The van der Waals surface area contributed by atoms with E-state index in [9.17, 15) is 0 Å². The van der Waals surface area contributed by atoms with Crippen LogP contribution in [0.1, 0.15) is 0 Å². The minimum Gasteiger partial charge on any atom is -0.455 e. The first-order chi connectivity index (χ1) is 13.9. The van der Waals surface area contributed by atoms with Crippen LogP contribution in [0, 0.1) is 0 Å². The van der Waals surface area contributed by atoms with Crippen LogP contribution in [0.3, 0.4) is 0 Å². The van der Waals surface area contributed by atoms with E-state index in [2.05, 4.69) is 10.2 Å². The van der Waals surface area contributed by atoms with E-state index in [1.165, 1.54) is 0 Å². The van der Waals surface area contributed by atoms with Gasteiger partial charge in [-0.3, -0.25) is 0 Å². The van der Waals surface area contributed by atoms with E-state index >= 15 is 0 Å². The van der Waals surface area contributed by atoms with Gasteiger partial charge in [-0.15, -0.1) is 10.2 Å². The first kappa shape index (κ1) is 17.5. The van der Waals surface area contributed by atoms with Gasteiger partial charge in [-0.05, 0) is 48.5 Å². The number of azo groups is 1. The third-order valence-electron chi connectivity index (χ3n) is 3.94. The molecule has 28 heavy (non-hydrogen) atoms. The van der Waals surface area contributed by atoms with E-state index < -0.39 is 0 Å². The highest BCUT2D eigenvalue weighted by Crippen LogP contribution is 2.35. The second-order valence-electron chi connectivity index (χ2n) is 5.97. The lowest BCUT2D eigenvalue weighted by Gasteiger charge is -2.09. The van der Waals surface area contributed by atoms with Gasteiger partial charge < -0.3 is 9.47 Å². The third kappa shape index (κ3) is 4.43. The van der Waals surface area contributed by atoms with Gasteiger partial charge in [0, 0.05) is 0 Å². The van der Waals surface area contributed by atoms with Crippen LogP contribution >= 0.6 is 0 Å². The molecule has 4 rings (SSSR count). The van der Waals surface area contributed by atoms with Crippen molar-refractivity contribution in [2.24, 2.45) is 10.2 Å². The predicted molar refractivity (Wildman–Crippen MR) is 110 cm³/mol. The number of nitrogens with zero attached hydrogens (tertiary/aromatic N) is 2. The Morgan fingerprint density at radius 3 is 1.18 bits per heavy atom. The van der Waals surface area contributed by atoms with Gasteiger partial charge in [0.25, 0.3) is 0 Å². The normalized spacial score (nSPS) is 10.7. The quantitative estimate of drug-likeness (QED) is 0.328. The summed E-state index contributed by atoms with van der Waals surface area (Å²) in [6, 6.07) is 34.3. The lowest BCUT2D eigenvalue weighted by atomic mass is 10.3. The monoisotopic (exact) mass is 366 g/mol. The average molecular weight is 366 g/mol. The number of ether oxygens (including phenoxy) is 2. The Hall–Kier alpha value is -3.92. The summed E-state index contributed by atoms with van der Waals surface area (Å²) >= 11 is 0. The van der Waals surface area contributed by atoms with Gasteiger partial charge in [-0.25, -0.2) is 0 Å². The molecule has 0 saturated carbocycles. The molecule has 0 aliphatic heterocycles. The molecule has 0 radical (unpaired) electrons. The van der Waals surface area contributed by atoms with Crippen LogP contribution in [-0.2, 0) is 0 Å². The first-order valence-corrected chi connectivity index (χ1v) is 8.94. The molecular formula is C24H18N2O2. The highest BCUT2D eigenvalue weighted by molar-refractivity contribution is 5.56. The fraction of sp³-hybridized carbons (Fsp3) is 0. The van der Waals surface area contributed by atoms with Crippen LogP contribution in [0.15, 0.2) is 119 Å². The van der Waals surface area contributed by atoms with Gasteiger partial charge in [0.15, 0.2) is 11.5 Å². The van der Waals surface area contributed by atoms with Crippen LogP contribution in [0.5, 0.6) is 23.0 Å². The minimum atomic E-state index is 0.638. The summed E-state index contributed by atoms with van der Waals surface area (Å²) in [5, 5.41) is 8.79. The maximum absolute atomic E-state index is 5.94. The van der Waals surface area contributed by atoms with E-state index in [0.717, 1.165) is 11.5 Å². The highest BCUT2D eigenvalue weighted by Gasteiger charge is 2.06. The van der Waals surface area contributed by atoms with Crippen molar-refractivity contribution in [3.05, 3.63) is 109 Å². The fourth-order valence-corrected chi connectivity index (χ4v) is 2.59. The molecule has 0 saturated heterocycles. The number of rotatable bonds is 6. The van der Waals surface area contributed by atoms with Crippen molar-refractivity contribution in [3.8, 4) is 23.0 Å². The molecule has 0 fully saturated rings. The van der Waals surface area contributed by atoms with Crippen molar-refractivity contribution in [1.29, 1.82) is 0 Å². The topological polar surface area (TPSA) is 43.2 Å². The average Bonchev–Trinajstić information content (AvgIpc) is 2.76. The molecule has 4 nitrogen and oxygen atoms in total. The van der Waals surface area contributed by atoms with Gasteiger partial charge in [0.05, 0.1) is 0 Å². The Morgan fingerprint density at radius 1 is 0.393 bits per heavy atom. The van der Waals surface area contributed by atoms with E-state index in [0.29, 0.717) is 22.9 Å². The van der Waals surface area contributed by atoms with E-state index in [1.807, 2.05) is 109 Å². The summed E-state index contributed by atoms with van der Waals surface area (Å²) in [6.07, 6.45) is 0. The fourth-order valence-electron chi connectivity index (χ4n) is 2.59. The minimum absolute atomic E-state index is 0.638. The zero-order valence-corrected chi connectivity index (χ0v) is 15.1.